The summed E-state index contributed by atoms with van der Waals surface area (Å²) in [5, 5.41) is 4.72. The van der Waals surface area contributed by atoms with Gasteiger partial charge in [0.2, 0.25) is 0 Å². The molecule has 0 fully saturated rings. The Hall–Kier alpha value is -0.423. The van der Waals surface area contributed by atoms with Gasteiger partial charge in [0.25, 0.3) is 9.04 Å². The van der Waals surface area contributed by atoms with E-state index >= 15 is 0 Å². The molecule has 0 aliphatic heterocycles. The van der Waals surface area contributed by atoms with E-state index in [1.165, 1.54) is 23.2 Å². The van der Waals surface area contributed by atoms with Crippen molar-refractivity contribution in [3.05, 3.63) is 60.7 Å². The van der Waals surface area contributed by atoms with Crippen molar-refractivity contribution in [2.24, 2.45) is 11.3 Å². The highest BCUT2D eigenvalue weighted by Crippen LogP contribution is 2.34. The molecule has 2 aromatic carbocycles. The van der Waals surface area contributed by atoms with Crippen molar-refractivity contribution < 1.29 is 4.43 Å². The van der Waals surface area contributed by atoms with Crippen LogP contribution in [0.5, 0.6) is 0 Å². The molecular formula is C23H31Br2OSi. The maximum absolute atomic E-state index is 7.06. The van der Waals surface area contributed by atoms with Gasteiger partial charge in [-0.1, -0.05) is 113 Å². The highest BCUT2D eigenvalue weighted by atomic mass is 79.9. The molecule has 4 heteroatoms. The summed E-state index contributed by atoms with van der Waals surface area (Å²) in [5.41, 5.74) is 0.0959. The molecule has 1 nitrogen and oxygen atoms in total. The van der Waals surface area contributed by atoms with Crippen LogP contribution >= 0.6 is 31.9 Å². The Kier molecular flexibility index (Phi) is 9.78. The number of rotatable bonds is 10. The van der Waals surface area contributed by atoms with Gasteiger partial charge in [0.15, 0.2) is 0 Å². The van der Waals surface area contributed by atoms with Crippen LogP contribution in [0.1, 0.15) is 40.0 Å². The molecule has 2 aromatic rings. The zero-order chi connectivity index (χ0) is 19.7. The Morgan fingerprint density at radius 3 is 1.74 bits per heavy atom. The Labute approximate surface area is 183 Å². The minimum atomic E-state index is -1.29. The van der Waals surface area contributed by atoms with Crippen LogP contribution in [0, 0.1) is 11.3 Å². The largest absolute Gasteiger partial charge is 0.404 e. The second kappa shape index (κ2) is 11.5. The molecule has 2 rings (SSSR count). The van der Waals surface area contributed by atoms with Gasteiger partial charge in [-0.25, -0.2) is 0 Å². The van der Waals surface area contributed by atoms with Crippen molar-refractivity contribution in [2.45, 2.75) is 46.1 Å². The molecule has 0 amide bonds. The number of hydrogen-bond donors (Lipinski definition) is 0. The van der Waals surface area contributed by atoms with Crippen LogP contribution < -0.4 is 10.4 Å². The predicted molar refractivity (Wildman–Crippen MR) is 127 cm³/mol. The van der Waals surface area contributed by atoms with E-state index in [0.717, 1.165) is 17.1 Å². The minimum Gasteiger partial charge on any atom is -0.404 e. The molecule has 0 bridgehead atoms. The van der Waals surface area contributed by atoms with E-state index in [0.29, 0.717) is 5.92 Å². The topological polar surface area (TPSA) is 9.23 Å². The van der Waals surface area contributed by atoms with Gasteiger partial charge in [-0.15, -0.1) is 0 Å². The van der Waals surface area contributed by atoms with Crippen LogP contribution in [0.2, 0.25) is 0 Å². The monoisotopic (exact) mass is 509 g/mol. The van der Waals surface area contributed by atoms with Crippen LogP contribution in [-0.2, 0) is 4.43 Å². The summed E-state index contributed by atoms with van der Waals surface area (Å²) < 4.78 is 7.06. The summed E-state index contributed by atoms with van der Waals surface area (Å²) in [7, 11) is -1.29. The van der Waals surface area contributed by atoms with Crippen molar-refractivity contribution in [1.82, 2.24) is 0 Å². The van der Waals surface area contributed by atoms with E-state index in [1.807, 2.05) is 0 Å². The molecule has 0 saturated heterocycles. The molecule has 27 heavy (non-hydrogen) atoms. The SMILES string of the molecule is CC(C)(C)C(O[Si](c1ccccc1)c1ccccc1)C(CCBr)CCCBr. The molecule has 0 N–H and O–H groups in total. The van der Waals surface area contributed by atoms with Crippen LogP contribution in [0.15, 0.2) is 60.7 Å². The van der Waals surface area contributed by atoms with E-state index in [4.69, 9.17) is 4.43 Å². The lowest BCUT2D eigenvalue weighted by Crippen LogP contribution is -2.51. The summed E-state index contributed by atoms with van der Waals surface area (Å²) in [5.74, 6) is 0.550. The Bertz CT molecular complexity index is 603. The molecule has 0 heterocycles. The van der Waals surface area contributed by atoms with Gasteiger partial charge in [0, 0.05) is 10.7 Å². The van der Waals surface area contributed by atoms with Gasteiger partial charge in [0.1, 0.15) is 0 Å². The van der Waals surface area contributed by atoms with E-state index in [9.17, 15) is 0 Å². The first-order valence-electron chi connectivity index (χ1n) is 9.73. The molecule has 2 atom stereocenters. The lowest BCUT2D eigenvalue weighted by molar-refractivity contribution is 0.0304. The lowest BCUT2D eigenvalue weighted by atomic mass is 9.78. The normalized spacial score (nSPS) is 14.3. The smallest absolute Gasteiger partial charge is 0.283 e. The summed E-state index contributed by atoms with van der Waals surface area (Å²) in [6, 6.07) is 21.5. The molecule has 0 spiro atoms. The van der Waals surface area contributed by atoms with Crippen molar-refractivity contribution in [3.63, 3.8) is 0 Å². The van der Waals surface area contributed by atoms with Crippen LogP contribution in [0.4, 0.5) is 0 Å². The number of halogens is 2. The van der Waals surface area contributed by atoms with Crippen LogP contribution in [0.3, 0.4) is 0 Å². The first-order valence-corrected chi connectivity index (χ1v) is 13.4. The molecule has 0 aliphatic carbocycles. The molecule has 2 unspecified atom stereocenters. The Morgan fingerprint density at radius 2 is 1.33 bits per heavy atom. The Morgan fingerprint density at radius 1 is 0.815 bits per heavy atom. The van der Waals surface area contributed by atoms with Gasteiger partial charge in [0.05, 0.1) is 6.10 Å². The molecule has 0 saturated carbocycles. The van der Waals surface area contributed by atoms with Crippen molar-refractivity contribution >= 4 is 51.3 Å². The van der Waals surface area contributed by atoms with Crippen molar-refractivity contribution in [3.8, 4) is 0 Å². The molecular weight excluding hydrogens is 480 g/mol. The van der Waals surface area contributed by atoms with Crippen LogP contribution in [-0.4, -0.2) is 25.8 Å². The Balaban J connectivity index is 2.37. The average Bonchev–Trinajstić information content (AvgIpc) is 2.67. The highest BCUT2D eigenvalue weighted by Gasteiger charge is 2.36. The fraction of sp³-hybridized carbons (Fsp3) is 0.478. The van der Waals surface area contributed by atoms with Crippen molar-refractivity contribution in [1.29, 1.82) is 0 Å². The van der Waals surface area contributed by atoms with Gasteiger partial charge < -0.3 is 4.43 Å². The maximum atomic E-state index is 7.06. The standard InChI is InChI=1S/C23H31Br2OSi/c1-23(2,3)22(19(16-18-25)11-10-17-24)26-27(20-12-6-4-7-13-20)21-14-8-5-9-15-21/h4-9,12-15,19,22H,10-11,16-18H2,1-3H3. The summed E-state index contributed by atoms with van der Waals surface area (Å²) >= 11 is 7.28. The highest BCUT2D eigenvalue weighted by molar-refractivity contribution is 9.09. The predicted octanol–water partition coefficient (Wildman–Crippen LogP) is 5.80. The number of alkyl halides is 2. The van der Waals surface area contributed by atoms with E-state index in [1.54, 1.807) is 0 Å². The third-order valence-corrected chi connectivity index (χ3v) is 8.01. The second-order valence-electron chi connectivity index (χ2n) is 8.03. The van der Waals surface area contributed by atoms with Gasteiger partial charge in [-0.05, 0) is 41.0 Å². The third-order valence-electron chi connectivity index (χ3n) is 4.79. The summed E-state index contributed by atoms with van der Waals surface area (Å²) in [6.45, 7) is 6.97. The zero-order valence-electron chi connectivity index (χ0n) is 16.6. The first kappa shape index (κ1) is 22.9. The quantitative estimate of drug-likeness (QED) is 0.290. The lowest BCUT2D eigenvalue weighted by Gasteiger charge is -2.39. The number of hydrogen-bond acceptors (Lipinski definition) is 1. The third kappa shape index (κ3) is 7.15. The average molecular weight is 511 g/mol. The van der Waals surface area contributed by atoms with Crippen molar-refractivity contribution in [2.75, 3.05) is 10.7 Å². The molecule has 0 aromatic heterocycles. The minimum absolute atomic E-state index is 0.0959. The number of benzene rings is 2. The van der Waals surface area contributed by atoms with Gasteiger partial charge in [-0.2, -0.15) is 0 Å². The molecule has 147 valence electrons. The second-order valence-corrected chi connectivity index (χ2v) is 11.7. The van der Waals surface area contributed by atoms with E-state index in [-0.39, 0.29) is 11.5 Å². The maximum Gasteiger partial charge on any atom is 0.283 e. The fourth-order valence-electron chi connectivity index (χ4n) is 3.52. The summed E-state index contributed by atoms with van der Waals surface area (Å²) in [4.78, 5) is 0. The van der Waals surface area contributed by atoms with Crippen LogP contribution in [0.25, 0.3) is 0 Å². The van der Waals surface area contributed by atoms with E-state index < -0.39 is 9.04 Å². The molecule has 0 aliphatic rings. The first-order chi connectivity index (χ1) is 13.0. The van der Waals surface area contributed by atoms with E-state index in [2.05, 4.69) is 113 Å². The molecule has 1 radical (unpaired) electrons. The fourth-order valence-corrected chi connectivity index (χ4v) is 6.82. The van der Waals surface area contributed by atoms with Gasteiger partial charge >= 0.3 is 0 Å². The summed E-state index contributed by atoms with van der Waals surface area (Å²) in [6.07, 6.45) is 3.75. The van der Waals surface area contributed by atoms with Gasteiger partial charge in [-0.3, -0.25) is 0 Å². The zero-order valence-corrected chi connectivity index (χ0v) is 20.8.